The van der Waals surface area contributed by atoms with Gasteiger partial charge in [-0.3, -0.25) is 9.89 Å². The highest BCUT2D eigenvalue weighted by Gasteiger charge is 2.38. The summed E-state index contributed by atoms with van der Waals surface area (Å²) in [6, 6.07) is 0. The maximum atomic E-state index is 4.41. The van der Waals surface area contributed by atoms with Crippen LogP contribution in [0.25, 0.3) is 0 Å². The molecule has 0 radical (unpaired) electrons. The molecule has 4 nitrogen and oxygen atoms in total. The van der Waals surface area contributed by atoms with E-state index in [0.717, 1.165) is 12.5 Å². The number of guanidine groups is 1. The van der Waals surface area contributed by atoms with Crippen LogP contribution < -0.4 is 10.6 Å². The summed E-state index contributed by atoms with van der Waals surface area (Å²) in [4.78, 5) is 7.17. The number of rotatable bonds is 3. The highest BCUT2D eigenvalue weighted by Crippen LogP contribution is 2.34. The van der Waals surface area contributed by atoms with Crippen molar-refractivity contribution in [2.75, 3.05) is 38.2 Å². The zero-order valence-corrected chi connectivity index (χ0v) is 18.4. The van der Waals surface area contributed by atoms with E-state index in [1.54, 1.807) is 0 Å². The molecule has 0 aromatic heterocycles. The van der Waals surface area contributed by atoms with Crippen LogP contribution >= 0.6 is 35.7 Å². The van der Waals surface area contributed by atoms with Gasteiger partial charge in [0.1, 0.15) is 0 Å². The molecule has 1 saturated heterocycles. The predicted octanol–water partition coefficient (Wildman–Crippen LogP) is 3.32. The third kappa shape index (κ3) is 6.61. The molecule has 0 amide bonds. The Hall–Kier alpha value is 0.310. The van der Waals surface area contributed by atoms with Crippen molar-refractivity contribution >= 4 is 41.7 Å². The summed E-state index contributed by atoms with van der Waals surface area (Å²) in [5, 5.41) is 7.11. The molecule has 0 aromatic rings. The van der Waals surface area contributed by atoms with E-state index in [4.69, 9.17) is 0 Å². The van der Waals surface area contributed by atoms with E-state index >= 15 is 0 Å². The van der Waals surface area contributed by atoms with E-state index in [9.17, 15) is 0 Å². The van der Waals surface area contributed by atoms with Crippen LogP contribution in [-0.4, -0.2) is 60.1 Å². The fourth-order valence-corrected chi connectivity index (χ4v) is 4.54. The van der Waals surface area contributed by atoms with Gasteiger partial charge in [-0.25, -0.2) is 0 Å². The Bertz CT molecular complexity index is 369. The number of thioether (sulfide) groups is 1. The lowest BCUT2D eigenvalue weighted by Gasteiger charge is -2.48. The Balaban J connectivity index is 0.00000264. The second-order valence-electron chi connectivity index (χ2n) is 7.69. The SMILES string of the molecule is CN=C(NCC1(N2CCSCC2)CCCCC1)NC(C)(C)C.I. The maximum Gasteiger partial charge on any atom is 0.191 e. The molecule has 1 heterocycles. The van der Waals surface area contributed by atoms with Gasteiger partial charge >= 0.3 is 0 Å². The van der Waals surface area contributed by atoms with Crippen molar-refractivity contribution in [3.05, 3.63) is 0 Å². The van der Waals surface area contributed by atoms with Gasteiger partial charge in [0.15, 0.2) is 5.96 Å². The molecule has 2 rings (SSSR count). The molecule has 0 aromatic carbocycles. The molecule has 1 aliphatic heterocycles. The summed E-state index contributed by atoms with van der Waals surface area (Å²) in [7, 11) is 1.87. The lowest BCUT2D eigenvalue weighted by atomic mass is 9.80. The highest BCUT2D eigenvalue weighted by atomic mass is 127. The Morgan fingerprint density at radius 2 is 1.74 bits per heavy atom. The van der Waals surface area contributed by atoms with E-state index in [0.29, 0.717) is 5.54 Å². The number of hydrogen-bond donors (Lipinski definition) is 2. The van der Waals surface area contributed by atoms with Gasteiger partial charge in [-0.2, -0.15) is 11.8 Å². The first kappa shape index (κ1) is 21.4. The Kier molecular flexibility index (Phi) is 9.01. The average molecular weight is 454 g/mol. The summed E-state index contributed by atoms with van der Waals surface area (Å²) < 4.78 is 0. The van der Waals surface area contributed by atoms with Gasteiger partial charge in [0, 0.05) is 49.3 Å². The monoisotopic (exact) mass is 454 g/mol. The van der Waals surface area contributed by atoms with E-state index in [1.807, 2.05) is 7.05 Å². The van der Waals surface area contributed by atoms with Crippen LogP contribution in [0.5, 0.6) is 0 Å². The summed E-state index contributed by atoms with van der Waals surface area (Å²) in [6.07, 6.45) is 6.81. The van der Waals surface area contributed by atoms with Gasteiger partial charge in [-0.15, -0.1) is 24.0 Å². The summed E-state index contributed by atoms with van der Waals surface area (Å²) in [5.41, 5.74) is 0.387. The van der Waals surface area contributed by atoms with Crippen molar-refractivity contribution in [1.29, 1.82) is 0 Å². The van der Waals surface area contributed by atoms with Crippen LogP contribution in [0.3, 0.4) is 0 Å². The summed E-state index contributed by atoms with van der Waals surface area (Å²) >= 11 is 2.10. The molecule has 6 heteroatoms. The number of halogens is 1. The topological polar surface area (TPSA) is 39.7 Å². The predicted molar refractivity (Wildman–Crippen MR) is 114 cm³/mol. The van der Waals surface area contributed by atoms with Crippen molar-refractivity contribution in [1.82, 2.24) is 15.5 Å². The molecule has 2 fully saturated rings. The van der Waals surface area contributed by atoms with E-state index < -0.39 is 0 Å². The van der Waals surface area contributed by atoms with E-state index in [-0.39, 0.29) is 29.5 Å². The van der Waals surface area contributed by atoms with Crippen molar-refractivity contribution < 1.29 is 0 Å². The molecule has 136 valence electrons. The molecule has 1 saturated carbocycles. The highest BCUT2D eigenvalue weighted by molar-refractivity contribution is 14.0. The van der Waals surface area contributed by atoms with Crippen LogP contribution in [-0.2, 0) is 0 Å². The second-order valence-corrected chi connectivity index (χ2v) is 8.91. The third-order valence-electron chi connectivity index (χ3n) is 4.77. The Morgan fingerprint density at radius 3 is 2.26 bits per heavy atom. The Labute approximate surface area is 164 Å². The standard InChI is InChI=1S/C17H34N4S.HI/c1-16(2,3)20-15(18-4)19-14-17(8-6-5-7-9-17)21-10-12-22-13-11-21;/h5-14H2,1-4H3,(H2,18,19,20);1H. The van der Waals surface area contributed by atoms with Crippen LogP contribution in [0.1, 0.15) is 52.9 Å². The lowest BCUT2D eigenvalue weighted by molar-refractivity contribution is 0.0625. The van der Waals surface area contributed by atoms with Crippen LogP contribution in [0.15, 0.2) is 4.99 Å². The fraction of sp³-hybridized carbons (Fsp3) is 0.941. The molecule has 1 aliphatic carbocycles. The zero-order chi connectivity index (χ0) is 16.1. The van der Waals surface area contributed by atoms with Crippen molar-refractivity contribution in [3.8, 4) is 0 Å². The zero-order valence-electron chi connectivity index (χ0n) is 15.3. The minimum Gasteiger partial charge on any atom is -0.355 e. The van der Waals surface area contributed by atoms with Gasteiger partial charge in [0.2, 0.25) is 0 Å². The van der Waals surface area contributed by atoms with E-state index in [2.05, 4.69) is 53.1 Å². The molecule has 2 N–H and O–H groups in total. The molecule has 0 bridgehead atoms. The maximum absolute atomic E-state index is 4.41. The molecule has 0 unspecified atom stereocenters. The first-order chi connectivity index (χ1) is 10.5. The third-order valence-corrected chi connectivity index (χ3v) is 5.71. The molecule has 0 atom stereocenters. The van der Waals surface area contributed by atoms with Gasteiger partial charge in [0.25, 0.3) is 0 Å². The summed E-state index contributed by atoms with van der Waals surface area (Å²) in [6.45, 7) is 10.1. The number of hydrogen-bond acceptors (Lipinski definition) is 3. The van der Waals surface area contributed by atoms with E-state index in [1.165, 1.54) is 56.7 Å². The van der Waals surface area contributed by atoms with Crippen molar-refractivity contribution in [3.63, 3.8) is 0 Å². The quantitative estimate of drug-likeness (QED) is 0.390. The fourth-order valence-electron chi connectivity index (χ4n) is 3.64. The van der Waals surface area contributed by atoms with Crippen LogP contribution in [0, 0.1) is 0 Å². The molecular weight excluding hydrogens is 419 g/mol. The molecule has 2 aliphatic rings. The van der Waals surface area contributed by atoms with Crippen molar-refractivity contribution in [2.45, 2.75) is 64.0 Å². The molecule has 23 heavy (non-hydrogen) atoms. The molecular formula is C17H35IN4S. The van der Waals surface area contributed by atoms with Gasteiger partial charge < -0.3 is 10.6 Å². The normalized spacial score (nSPS) is 23.0. The first-order valence-corrected chi connectivity index (χ1v) is 9.92. The van der Waals surface area contributed by atoms with Crippen LogP contribution in [0.4, 0.5) is 0 Å². The first-order valence-electron chi connectivity index (χ1n) is 8.77. The molecule has 0 spiro atoms. The summed E-state index contributed by atoms with van der Waals surface area (Å²) in [5.74, 6) is 3.51. The second kappa shape index (κ2) is 9.70. The van der Waals surface area contributed by atoms with Crippen LogP contribution in [0.2, 0.25) is 0 Å². The largest absolute Gasteiger partial charge is 0.355 e. The van der Waals surface area contributed by atoms with Gasteiger partial charge in [0.05, 0.1) is 0 Å². The lowest BCUT2D eigenvalue weighted by Crippen LogP contribution is -2.60. The number of nitrogens with one attached hydrogen (secondary N) is 2. The van der Waals surface area contributed by atoms with Gasteiger partial charge in [-0.05, 0) is 33.6 Å². The van der Waals surface area contributed by atoms with Crippen molar-refractivity contribution in [2.24, 2.45) is 4.99 Å². The van der Waals surface area contributed by atoms with Gasteiger partial charge in [-0.1, -0.05) is 19.3 Å². The number of nitrogens with zero attached hydrogens (tertiary/aromatic N) is 2. The smallest absolute Gasteiger partial charge is 0.191 e. The minimum absolute atomic E-state index is 0. The average Bonchev–Trinajstić information content (AvgIpc) is 2.52. The Morgan fingerprint density at radius 1 is 1.13 bits per heavy atom. The minimum atomic E-state index is 0. The number of aliphatic imine (C=N–C) groups is 1.